The van der Waals surface area contributed by atoms with E-state index in [0.29, 0.717) is 11.3 Å². The molecule has 0 heterocycles. The second-order valence-electron chi connectivity index (χ2n) is 12.8. The van der Waals surface area contributed by atoms with Crippen LogP contribution in [0.25, 0.3) is 0 Å². The number of carboxylic acid groups (broad SMARTS) is 1. The first-order valence-electron chi connectivity index (χ1n) is 15.3. The van der Waals surface area contributed by atoms with Crippen LogP contribution in [0.5, 0.6) is 0 Å². The van der Waals surface area contributed by atoms with Crippen LogP contribution in [0.15, 0.2) is 30.3 Å². The molecule has 6 N–H and O–H groups in total. The Kier molecular flexibility index (Phi) is 15.2. The van der Waals surface area contributed by atoms with E-state index >= 15 is 0 Å². The highest BCUT2D eigenvalue weighted by molar-refractivity contribution is 6.02. The third-order valence-corrected chi connectivity index (χ3v) is 7.08. The number of hydrogen-bond donors (Lipinski definition) is 5. The average Bonchev–Trinajstić information content (AvgIpc) is 2.93. The van der Waals surface area contributed by atoms with E-state index in [4.69, 9.17) is 10.5 Å². The molecule has 1 aromatic carbocycles. The molecule has 0 bridgehead atoms. The summed E-state index contributed by atoms with van der Waals surface area (Å²) in [5, 5.41) is 17.0. The van der Waals surface area contributed by atoms with Crippen molar-refractivity contribution in [3.63, 3.8) is 0 Å². The maximum Gasteiger partial charge on any atom is 0.417 e. The Morgan fingerprint density at radius 1 is 0.889 bits per heavy atom. The van der Waals surface area contributed by atoms with Gasteiger partial charge in [-0.2, -0.15) is 0 Å². The molecule has 0 saturated carbocycles. The molecule has 0 unspecified atom stereocenters. The van der Waals surface area contributed by atoms with Gasteiger partial charge in [-0.15, -0.1) is 0 Å². The van der Waals surface area contributed by atoms with E-state index < -0.39 is 77.4 Å². The van der Waals surface area contributed by atoms with Crippen molar-refractivity contribution in [2.24, 2.45) is 17.6 Å². The van der Waals surface area contributed by atoms with Crippen molar-refractivity contribution in [1.29, 1.82) is 0 Å². The lowest BCUT2D eigenvalue weighted by atomic mass is 9.96. The molecular formula is C32H51N5O8. The van der Waals surface area contributed by atoms with Gasteiger partial charge in [-0.05, 0) is 64.9 Å². The third kappa shape index (κ3) is 12.9. The van der Waals surface area contributed by atoms with Gasteiger partial charge in [0, 0.05) is 0 Å². The number of rotatable bonds is 15. The fraction of sp³-hybridized carbons (Fsp3) is 0.625. The molecule has 252 valence electrons. The molecule has 0 aliphatic heterocycles. The second-order valence-corrected chi connectivity index (χ2v) is 12.8. The molecule has 0 aromatic heterocycles. The van der Waals surface area contributed by atoms with Crippen LogP contribution >= 0.6 is 0 Å². The molecule has 0 aliphatic rings. The van der Waals surface area contributed by atoms with E-state index in [9.17, 15) is 33.9 Å². The van der Waals surface area contributed by atoms with Gasteiger partial charge in [0.05, 0.1) is 6.04 Å². The molecule has 6 atom stereocenters. The first-order valence-corrected chi connectivity index (χ1v) is 15.3. The molecule has 45 heavy (non-hydrogen) atoms. The van der Waals surface area contributed by atoms with Gasteiger partial charge in [-0.3, -0.25) is 19.2 Å². The summed E-state index contributed by atoms with van der Waals surface area (Å²) in [6.45, 7) is 14.6. The molecule has 13 nitrogen and oxygen atoms in total. The molecule has 0 saturated heterocycles. The standard InChI is InChI=1S/C32H51N5O8/c1-10-19(4)25(36-28(40)23(33)17-22-14-12-11-13-15-22)29(41)37(31(44)45-32(7,8)9)21(6)27(39)34-20(5)26(38)35-24(30(42)43)16-18(2)3/h11-15,18-21,23-25H,10,16-17,33H2,1-9H3,(H,34,39)(H,35,38)(H,36,40)(H,42,43)/t19-,20-,21-,23-,24-,25-/m0/s1. The molecule has 5 amide bonds. The monoisotopic (exact) mass is 633 g/mol. The fourth-order valence-electron chi connectivity index (χ4n) is 4.31. The summed E-state index contributed by atoms with van der Waals surface area (Å²) in [7, 11) is 0. The Bertz CT molecular complexity index is 1180. The Hall–Kier alpha value is -4.00. The van der Waals surface area contributed by atoms with Crippen LogP contribution in [0.2, 0.25) is 0 Å². The number of hydrogen-bond acceptors (Lipinski definition) is 8. The van der Waals surface area contributed by atoms with Crippen molar-refractivity contribution in [1.82, 2.24) is 20.9 Å². The number of carbonyl (C=O) groups is 6. The number of amides is 5. The number of nitrogens with one attached hydrogen (secondary N) is 3. The lowest BCUT2D eigenvalue weighted by Crippen LogP contribution is -2.61. The SMILES string of the molecule is CC[C@H](C)[C@H](NC(=O)[C@@H](N)Cc1ccccc1)C(=O)N(C(=O)OC(C)(C)C)[C@@H](C)C(=O)N[C@@H](C)C(=O)N[C@@H](CC(C)C)C(=O)O. The number of carbonyl (C=O) groups excluding carboxylic acids is 5. The highest BCUT2D eigenvalue weighted by Gasteiger charge is 2.41. The van der Waals surface area contributed by atoms with Crippen molar-refractivity contribution in [2.45, 2.75) is 117 Å². The van der Waals surface area contributed by atoms with E-state index in [1.807, 2.05) is 44.2 Å². The molecule has 1 rings (SSSR count). The molecule has 0 fully saturated rings. The van der Waals surface area contributed by atoms with E-state index in [-0.39, 0.29) is 18.8 Å². The van der Waals surface area contributed by atoms with Gasteiger partial charge in [0.15, 0.2) is 0 Å². The Morgan fingerprint density at radius 3 is 1.96 bits per heavy atom. The number of benzene rings is 1. The number of carboxylic acids is 1. The van der Waals surface area contributed by atoms with Crippen LogP contribution in [-0.4, -0.2) is 81.5 Å². The largest absolute Gasteiger partial charge is 0.480 e. The summed E-state index contributed by atoms with van der Waals surface area (Å²) in [5.41, 5.74) is 5.95. The van der Waals surface area contributed by atoms with Crippen molar-refractivity contribution >= 4 is 35.7 Å². The van der Waals surface area contributed by atoms with Crippen LogP contribution in [0.3, 0.4) is 0 Å². The summed E-state index contributed by atoms with van der Waals surface area (Å²) >= 11 is 0. The minimum absolute atomic E-state index is 0.0171. The maximum atomic E-state index is 14.0. The van der Waals surface area contributed by atoms with Gasteiger partial charge in [-0.25, -0.2) is 14.5 Å². The van der Waals surface area contributed by atoms with E-state index in [1.165, 1.54) is 13.8 Å². The number of imide groups is 1. The smallest absolute Gasteiger partial charge is 0.417 e. The summed E-state index contributed by atoms with van der Waals surface area (Å²) in [6.07, 6.45) is -0.295. The molecule has 1 aromatic rings. The predicted octanol–water partition coefficient (Wildman–Crippen LogP) is 2.36. The minimum atomic E-state index is -1.48. The van der Waals surface area contributed by atoms with Crippen molar-refractivity contribution in [2.75, 3.05) is 0 Å². The zero-order valence-corrected chi connectivity index (χ0v) is 27.9. The van der Waals surface area contributed by atoms with Crippen LogP contribution < -0.4 is 21.7 Å². The van der Waals surface area contributed by atoms with E-state index in [1.54, 1.807) is 34.6 Å². The lowest BCUT2D eigenvalue weighted by Gasteiger charge is -2.34. The summed E-state index contributed by atoms with van der Waals surface area (Å²) in [6, 6.07) is 3.04. The van der Waals surface area contributed by atoms with E-state index in [2.05, 4.69) is 16.0 Å². The fourth-order valence-corrected chi connectivity index (χ4v) is 4.31. The molecule has 0 spiro atoms. The van der Waals surface area contributed by atoms with Crippen LogP contribution in [-0.2, 0) is 35.1 Å². The molecule has 13 heteroatoms. The topological polar surface area (TPSA) is 197 Å². The summed E-state index contributed by atoms with van der Waals surface area (Å²) < 4.78 is 5.46. The zero-order chi connectivity index (χ0) is 34.6. The van der Waals surface area contributed by atoms with Crippen molar-refractivity contribution in [3.8, 4) is 0 Å². The quantitative estimate of drug-likeness (QED) is 0.192. The Morgan fingerprint density at radius 2 is 1.47 bits per heavy atom. The predicted molar refractivity (Wildman–Crippen MR) is 169 cm³/mol. The van der Waals surface area contributed by atoms with E-state index in [0.717, 1.165) is 5.56 Å². The minimum Gasteiger partial charge on any atom is -0.480 e. The van der Waals surface area contributed by atoms with Crippen molar-refractivity contribution < 1.29 is 38.6 Å². The first-order chi connectivity index (χ1) is 20.8. The Labute approximate surface area is 266 Å². The first kappa shape index (κ1) is 39.0. The van der Waals surface area contributed by atoms with Gasteiger partial charge >= 0.3 is 12.1 Å². The third-order valence-electron chi connectivity index (χ3n) is 7.08. The maximum absolute atomic E-state index is 14.0. The molecule has 0 radical (unpaired) electrons. The summed E-state index contributed by atoms with van der Waals surface area (Å²) in [5.74, 6) is -4.83. The Balaban J connectivity index is 3.26. The van der Waals surface area contributed by atoms with Gasteiger partial charge in [0.1, 0.15) is 29.8 Å². The second kappa shape index (κ2) is 17.5. The van der Waals surface area contributed by atoms with Crippen LogP contribution in [0.4, 0.5) is 4.79 Å². The van der Waals surface area contributed by atoms with Crippen LogP contribution in [0, 0.1) is 11.8 Å². The summed E-state index contributed by atoms with van der Waals surface area (Å²) in [4.78, 5) is 78.9. The van der Waals surface area contributed by atoms with Gasteiger partial charge in [0.2, 0.25) is 17.7 Å². The molecular weight excluding hydrogens is 582 g/mol. The van der Waals surface area contributed by atoms with Gasteiger partial charge in [0.25, 0.3) is 5.91 Å². The van der Waals surface area contributed by atoms with Gasteiger partial charge in [-0.1, -0.05) is 64.4 Å². The lowest BCUT2D eigenvalue weighted by molar-refractivity contribution is -0.144. The zero-order valence-electron chi connectivity index (χ0n) is 27.9. The van der Waals surface area contributed by atoms with Crippen LogP contribution in [0.1, 0.15) is 80.7 Å². The number of ether oxygens (including phenoxy) is 1. The normalized spacial score (nSPS) is 15.4. The highest BCUT2D eigenvalue weighted by Crippen LogP contribution is 2.18. The average molecular weight is 634 g/mol. The number of nitrogens with zero attached hydrogens (tertiary/aromatic N) is 1. The number of aliphatic carboxylic acids is 1. The number of nitrogens with two attached hydrogens (primary N) is 1. The van der Waals surface area contributed by atoms with Crippen molar-refractivity contribution in [3.05, 3.63) is 35.9 Å². The highest BCUT2D eigenvalue weighted by atomic mass is 16.6. The molecule has 0 aliphatic carbocycles. The van der Waals surface area contributed by atoms with Gasteiger partial charge < -0.3 is 31.5 Å².